The van der Waals surface area contributed by atoms with Crippen molar-refractivity contribution in [3.8, 4) is 0 Å². The number of carbonyl (C=O) groups is 3. The molecule has 0 aliphatic heterocycles. The van der Waals surface area contributed by atoms with Crippen molar-refractivity contribution in [1.29, 1.82) is 0 Å². The first-order valence-corrected chi connectivity index (χ1v) is 3.96. The molecule has 0 saturated heterocycles. The lowest BCUT2D eigenvalue weighted by molar-refractivity contribution is -0.165. The Hall–Kier alpha value is -1.59. The average molecular weight is 204 g/mol. The molecule has 0 radical (unpaired) electrons. The quantitative estimate of drug-likeness (QED) is 0.632. The smallest absolute Gasteiger partial charge is 0.346 e. The molecule has 0 heterocycles. The predicted molar refractivity (Wildman–Crippen MR) is 44.4 cm³/mol. The maximum absolute atomic E-state index is 10.9. The van der Waals surface area contributed by atoms with Crippen molar-refractivity contribution in [2.75, 3.05) is 7.11 Å². The monoisotopic (exact) mass is 204 g/mol. The van der Waals surface area contributed by atoms with Crippen LogP contribution in [0.2, 0.25) is 0 Å². The van der Waals surface area contributed by atoms with E-state index in [2.05, 4.69) is 9.47 Å². The summed E-state index contributed by atoms with van der Waals surface area (Å²) in [5, 5.41) is 8.25. The molecule has 0 spiro atoms. The first kappa shape index (κ1) is 12.4. The van der Waals surface area contributed by atoms with Crippen molar-refractivity contribution >= 4 is 17.9 Å². The lowest BCUT2D eigenvalue weighted by Crippen LogP contribution is -2.25. The van der Waals surface area contributed by atoms with E-state index in [0.717, 1.165) is 0 Å². The standard InChI is InChI=1S/C8H12O6/c1-5(8(12)13-2)14-7(11)4-3-6(9)10/h5H,3-4H2,1-2H3,(H,9,10). The second-order valence-corrected chi connectivity index (χ2v) is 2.55. The second kappa shape index (κ2) is 5.95. The van der Waals surface area contributed by atoms with Gasteiger partial charge in [-0.15, -0.1) is 0 Å². The summed E-state index contributed by atoms with van der Waals surface area (Å²) in [6.07, 6.45) is -1.56. The Labute approximate surface area is 80.8 Å². The second-order valence-electron chi connectivity index (χ2n) is 2.55. The number of hydrogen-bond donors (Lipinski definition) is 1. The number of carboxylic acid groups (broad SMARTS) is 1. The van der Waals surface area contributed by atoms with Crippen LogP contribution in [0.4, 0.5) is 0 Å². The van der Waals surface area contributed by atoms with Gasteiger partial charge in [0, 0.05) is 0 Å². The average Bonchev–Trinajstić information content (AvgIpc) is 2.13. The van der Waals surface area contributed by atoms with Crippen molar-refractivity contribution in [3.63, 3.8) is 0 Å². The van der Waals surface area contributed by atoms with E-state index in [0.29, 0.717) is 0 Å². The summed E-state index contributed by atoms with van der Waals surface area (Å²) in [5.41, 5.74) is 0. The third-order valence-corrected chi connectivity index (χ3v) is 1.38. The van der Waals surface area contributed by atoms with Gasteiger partial charge in [-0.2, -0.15) is 0 Å². The van der Waals surface area contributed by atoms with Gasteiger partial charge in [0.05, 0.1) is 20.0 Å². The summed E-state index contributed by atoms with van der Waals surface area (Å²) in [5.74, 6) is -2.49. The van der Waals surface area contributed by atoms with Gasteiger partial charge >= 0.3 is 17.9 Å². The van der Waals surface area contributed by atoms with Crippen LogP contribution >= 0.6 is 0 Å². The van der Waals surface area contributed by atoms with Crippen LogP contribution in [0.25, 0.3) is 0 Å². The lowest BCUT2D eigenvalue weighted by atomic mass is 10.3. The van der Waals surface area contributed by atoms with Crippen molar-refractivity contribution in [2.45, 2.75) is 25.9 Å². The Bertz CT molecular complexity index is 234. The van der Waals surface area contributed by atoms with Gasteiger partial charge in [-0.25, -0.2) is 4.79 Å². The summed E-state index contributed by atoms with van der Waals surface area (Å²) in [7, 11) is 1.17. The summed E-state index contributed by atoms with van der Waals surface area (Å²) in [6, 6.07) is 0. The molecule has 14 heavy (non-hydrogen) atoms. The normalized spacial score (nSPS) is 11.6. The molecule has 1 unspecified atom stereocenters. The molecule has 0 rings (SSSR count). The van der Waals surface area contributed by atoms with Crippen molar-refractivity contribution in [1.82, 2.24) is 0 Å². The first-order chi connectivity index (χ1) is 6.47. The fraction of sp³-hybridized carbons (Fsp3) is 0.625. The van der Waals surface area contributed by atoms with Crippen LogP contribution in [0.15, 0.2) is 0 Å². The topological polar surface area (TPSA) is 89.9 Å². The van der Waals surface area contributed by atoms with Crippen LogP contribution in [-0.2, 0) is 23.9 Å². The number of ether oxygens (including phenoxy) is 2. The van der Waals surface area contributed by atoms with E-state index >= 15 is 0 Å². The number of methoxy groups -OCH3 is 1. The summed E-state index contributed by atoms with van der Waals surface area (Å²) in [6.45, 7) is 1.35. The minimum Gasteiger partial charge on any atom is -0.481 e. The Balaban J connectivity index is 3.82. The highest BCUT2D eigenvalue weighted by Crippen LogP contribution is 1.99. The molecule has 0 bridgehead atoms. The molecule has 1 atom stereocenters. The SMILES string of the molecule is COC(=O)C(C)OC(=O)CCC(=O)O. The van der Waals surface area contributed by atoms with Crippen molar-refractivity contribution in [3.05, 3.63) is 0 Å². The van der Waals surface area contributed by atoms with E-state index in [1.54, 1.807) is 0 Å². The fourth-order valence-corrected chi connectivity index (χ4v) is 0.679. The predicted octanol–water partition coefficient (Wildman–Crippen LogP) is -0.0441. The zero-order chi connectivity index (χ0) is 11.1. The Morgan fingerprint density at radius 3 is 2.29 bits per heavy atom. The third-order valence-electron chi connectivity index (χ3n) is 1.38. The molecule has 6 nitrogen and oxygen atoms in total. The van der Waals surface area contributed by atoms with Crippen LogP contribution in [0.3, 0.4) is 0 Å². The van der Waals surface area contributed by atoms with E-state index in [4.69, 9.17) is 5.11 Å². The molecule has 0 aromatic rings. The van der Waals surface area contributed by atoms with Gasteiger partial charge in [0.25, 0.3) is 0 Å². The number of carbonyl (C=O) groups excluding carboxylic acids is 2. The highest BCUT2D eigenvalue weighted by molar-refractivity contribution is 5.80. The Morgan fingerprint density at radius 2 is 1.86 bits per heavy atom. The van der Waals surface area contributed by atoms with Crippen LogP contribution in [-0.4, -0.2) is 36.2 Å². The van der Waals surface area contributed by atoms with Crippen LogP contribution in [0.5, 0.6) is 0 Å². The maximum atomic E-state index is 10.9. The molecule has 0 aliphatic rings. The molecule has 0 aromatic carbocycles. The molecule has 0 fully saturated rings. The van der Waals surface area contributed by atoms with Gasteiger partial charge in [-0.1, -0.05) is 0 Å². The minimum atomic E-state index is -1.09. The summed E-state index contributed by atoms with van der Waals surface area (Å²) >= 11 is 0. The van der Waals surface area contributed by atoms with Gasteiger partial charge in [0.2, 0.25) is 0 Å². The van der Waals surface area contributed by atoms with Crippen molar-refractivity contribution < 1.29 is 29.0 Å². The van der Waals surface area contributed by atoms with E-state index in [9.17, 15) is 14.4 Å². The molecular weight excluding hydrogens is 192 g/mol. The summed E-state index contributed by atoms with van der Waals surface area (Å²) < 4.78 is 8.88. The van der Waals surface area contributed by atoms with Crippen LogP contribution in [0, 0.1) is 0 Å². The maximum Gasteiger partial charge on any atom is 0.346 e. The van der Waals surface area contributed by atoms with Crippen LogP contribution in [0.1, 0.15) is 19.8 Å². The highest BCUT2D eigenvalue weighted by Gasteiger charge is 2.18. The molecule has 80 valence electrons. The zero-order valence-corrected chi connectivity index (χ0v) is 7.98. The highest BCUT2D eigenvalue weighted by atomic mass is 16.6. The lowest BCUT2D eigenvalue weighted by Gasteiger charge is -2.09. The molecule has 0 aliphatic carbocycles. The van der Waals surface area contributed by atoms with Gasteiger partial charge < -0.3 is 14.6 Å². The van der Waals surface area contributed by atoms with Crippen molar-refractivity contribution in [2.24, 2.45) is 0 Å². The zero-order valence-electron chi connectivity index (χ0n) is 7.98. The molecule has 0 saturated carbocycles. The molecule has 0 aromatic heterocycles. The summed E-state index contributed by atoms with van der Waals surface area (Å²) in [4.78, 5) is 31.7. The van der Waals surface area contributed by atoms with Crippen LogP contribution < -0.4 is 0 Å². The van der Waals surface area contributed by atoms with E-state index in [-0.39, 0.29) is 12.8 Å². The minimum absolute atomic E-state index is 0.253. The molecule has 6 heteroatoms. The first-order valence-electron chi connectivity index (χ1n) is 3.96. The number of esters is 2. The molecule has 0 amide bonds. The molecule has 1 N–H and O–H groups in total. The van der Waals surface area contributed by atoms with Gasteiger partial charge in [-0.05, 0) is 6.92 Å². The Kier molecular flexibility index (Phi) is 5.28. The Morgan fingerprint density at radius 1 is 1.29 bits per heavy atom. The van der Waals surface area contributed by atoms with Gasteiger partial charge in [0.1, 0.15) is 0 Å². The number of carboxylic acids is 1. The number of rotatable bonds is 5. The third kappa shape index (κ3) is 5.13. The van der Waals surface area contributed by atoms with E-state index in [1.165, 1.54) is 14.0 Å². The van der Waals surface area contributed by atoms with Gasteiger partial charge in [0.15, 0.2) is 6.10 Å². The number of hydrogen-bond acceptors (Lipinski definition) is 5. The largest absolute Gasteiger partial charge is 0.481 e. The van der Waals surface area contributed by atoms with Gasteiger partial charge in [-0.3, -0.25) is 9.59 Å². The fourth-order valence-electron chi connectivity index (χ4n) is 0.679. The number of aliphatic carboxylic acids is 1. The molecular formula is C8H12O6. The van der Waals surface area contributed by atoms with E-state index < -0.39 is 24.0 Å². The van der Waals surface area contributed by atoms with E-state index in [1.807, 2.05) is 0 Å².